The lowest BCUT2D eigenvalue weighted by Crippen LogP contribution is -2.54. The van der Waals surface area contributed by atoms with Crippen LogP contribution in [0, 0.1) is 0 Å². The van der Waals surface area contributed by atoms with Gasteiger partial charge in [-0.25, -0.2) is 18.7 Å². The molecule has 0 aromatic carbocycles. The van der Waals surface area contributed by atoms with Crippen LogP contribution in [0.3, 0.4) is 0 Å². The molecule has 0 bridgehead atoms. The Kier molecular flexibility index (Phi) is 6.60. The molecule has 7 nitrogen and oxygen atoms in total. The minimum absolute atomic E-state index is 0. The van der Waals surface area contributed by atoms with Crippen molar-refractivity contribution in [3.63, 3.8) is 0 Å². The molecular weight excluding hydrogens is 445 g/mol. The first-order valence-corrected chi connectivity index (χ1v) is 9.25. The van der Waals surface area contributed by atoms with E-state index in [0.717, 1.165) is 12.3 Å². The number of H-pyrrole nitrogens is 1. The van der Waals surface area contributed by atoms with E-state index in [2.05, 4.69) is 30.5 Å². The molecule has 13 heteroatoms. The van der Waals surface area contributed by atoms with Gasteiger partial charge in [-0.2, -0.15) is 18.3 Å². The predicted molar refractivity (Wildman–Crippen MR) is 105 cm³/mol. The first-order valence-electron chi connectivity index (χ1n) is 9.25. The van der Waals surface area contributed by atoms with Crippen molar-refractivity contribution >= 4 is 29.3 Å². The molecule has 3 aromatic heterocycles. The molecule has 3 aromatic rings. The molecule has 1 atom stereocenters. The second kappa shape index (κ2) is 8.87. The lowest BCUT2D eigenvalue weighted by Gasteiger charge is -2.38. The topological polar surface area (TPSA) is 82.6 Å². The summed E-state index contributed by atoms with van der Waals surface area (Å²) in [5.74, 6) is -2.72. The minimum Gasteiger partial charge on any atom is -0.360 e. The molecule has 4 heterocycles. The minimum atomic E-state index is -4.50. The van der Waals surface area contributed by atoms with Crippen LogP contribution in [0.15, 0.2) is 30.9 Å². The number of pyridine rings is 1. The van der Waals surface area contributed by atoms with E-state index in [1.165, 1.54) is 18.6 Å². The van der Waals surface area contributed by atoms with Crippen LogP contribution in [-0.2, 0) is 12.6 Å². The third kappa shape index (κ3) is 5.18. The van der Waals surface area contributed by atoms with Crippen molar-refractivity contribution in [2.24, 2.45) is 0 Å². The van der Waals surface area contributed by atoms with Gasteiger partial charge in [0.1, 0.15) is 17.8 Å². The number of hydrogen-bond acceptors (Lipinski definition) is 6. The molecule has 0 saturated carbocycles. The molecule has 0 spiro atoms. The number of rotatable bonds is 5. The van der Waals surface area contributed by atoms with Gasteiger partial charge in [-0.15, -0.1) is 12.4 Å². The van der Waals surface area contributed by atoms with E-state index in [1.54, 1.807) is 4.90 Å². The Morgan fingerprint density at radius 1 is 1.16 bits per heavy atom. The number of nitrogens with zero attached hydrogens (tertiary/aromatic N) is 5. The fourth-order valence-electron chi connectivity index (χ4n) is 3.45. The Balaban J connectivity index is 0.00000272. The zero-order valence-electron chi connectivity index (χ0n) is 16.0. The number of nitrogens with one attached hydrogen (secondary N) is 2. The van der Waals surface area contributed by atoms with E-state index >= 15 is 0 Å². The van der Waals surface area contributed by atoms with Gasteiger partial charge in [0.25, 0.3) is 5.92 Å². The smallest absolute Gasteiger partial charge is 0.360 e. The van der Waals surface area contributed by atoms with Gasteiger partial charge in [0, 0.05) is 19.3 Å². The summed E-state index contributed by atoms with van der Waals surface area (Å²) in [4.78, 5) is 13.0. The van der Waals surface area contributed by atoms with Gasteiger partial charge >= 0.3 is 6.18 Å². The second-order valence-electron chi connectivity index (χ2n) is 7.18. The van der Waals surface area contributed by atoms with Crippen molar-refractivity contribution in [2.45, 2.75) is 31.0 Å². The third-order valence-electron chi connectivity index (χ3n) is 5.07. The highest BCUT2D eigenvalue weighted by Crippen LogP contribution is 2.31. The summed E-state index contributed by atoms with van der Waals surface area (Å²) in [7, 11) is 0. The van der Waals surface area contributed by atoms with Crippen LogP contribution < -0.4 is 5.32 Å². The normalized spacial score (nSPS) is 19.2. The molecule has 1 fully saturated rings. The van der Waals surface area contributed by atoms with Gasteiger partial charge in [0.05, 0.1) is 24.2 Å². The number of aromatic nitrogens is 5. The Morgan fingerprint density at radius 2 is 1.97 bits per heavy atom. The first-order chi connectivity index (χ1) is 14.2. The summed E-state index contributed by atoms with van der Waals surface area (Å²) in [6, 6.07) is 1.13. The molecule has 0 amide bonds. The number of alkyl halides is 5. The summed E-state index contributed by atoms with van der Waals surface area (Å²) in [5.41, 5.74) is 0.0504. The lowest BCUT2D eigenvalue weighted by atomic mass is 10.00. The van der Waals surface area contributed by atoms with Crippen molar-refractivity contribution in [1.82, 2.24) is 30.0 Å². The lowest BCUT2D eigenvalue weighted by molar-refractivity contribution is -0.141. The van der Waals surface area contributed by atoms with E-state index in [9.17, 15) is 22.0 Å². The Hall–Kier alpha value is -2.60. The van der Waals surface area contributed by atoms with Crippen LogP contribution in [0.1, 0.15) is 17.7 Å². The molecule has 0 aliphatic carbocycles. The SMILES string of the molecule is Cl.FC(F)(F)c1ccc(CCN2CCC(Nc3ncnc4[nH]ncc34)C(F)(F)C2)cn1. The van der Waals surface area contributed by atoms with Crippen LogP contribution >= 0.6 is 12.4 Å². The Labute approximate surface area is 179 Å². The molecule has 1 unspecified atom stereocenters. The standard InChI is InChI=1S/C18H18F5N7.ClH/c19-17(20)9-30(5-3-11-1-2-14(24-7-11)18(21,22)23)6-4-13(17)28-15-12-8-27-29-16(12)26-10-25-15;/h1-2,7-8,10,13H,3-6,9H2,(H2,25,26,27,28,29);1H. The fraction of sp³-hybridized carbons (Fsp3) is 0.444. The van der Waals surface area contributed by atoms with Gasteiger partial charge in [0.2, 0.25) is 0 Å². The molecule has 31 heavy (non-hydrogen) atoms. The summed E-state index contributed by atoms with van der Waals surface area (Å²) in [6.07, 6.45) is -0.0958. The number of piperidine rings is 1. The highest BCUT2D eigenvalue weighted by Gasteiger charge is 2.44. The van der Waals surface area contributed by atoms with Crippen molar-refractivity contribution in [2.75, 3.05) is 25.0 Å². The van der Waals surface area contributed by atoms with Crippen molar-refractivity contribution in [1.29, 1.82) is 0 Å². The molecule has 1 aliphatic heterocycles. The highest BCUT2D eigenvalue weighted by molar-refractivity contribution is 5.86. The van der Waals surface area contributed by atoms with Crippen molar-refractivity contribution in [3.05, 3.63) is 42.1 Å². The van der Waals surface area contributed by atoms with Crippen LogP contribution in [0.5, 0.6) is 0 Å². The Bertz CT molecular complexity index is 1010. The largest absolute Gasteiger partial charge is 0.433 e. The van der Waals surface area contributed by atoms with E-state index in [1.807, 2.05) is 0 Å². The van der Waals surface area contributed by atoms with Crippen LogP contribution in [0.4, 0.5) is 27.8 Å². The molecular formula is C18H19ClF5N7. The average molecular weight is 464 g/mol. The summed E-state index contributed by atoms with van der Waals surface area (Å²) in [5, 5.41) is 9.85. The van der Waals surface area contributed by atoms with Gasteiger partial charge in [-0.3, -0.25) is 15.0 Å². The quantitative estimate of drug-likeness (QED) is 0.563. The van der Waals surface area contributed by atoms with E-state index < -0.39 is 30.4 Å². The van der Waals surface area contributed by atoms with E-state index in [-0.39, 0.29) is 18.8 Å². The summed E-state index contributed by atoms with van der Waals surface area (Å²) < 4.78 is 67.2. The zero-order valence-corrected chi connectivity index (χ0v) is 16.9. The maximum absolute atomic E-state index is 14.7. The van der Waals surface area contributed by atoms with E-state index in [0.29, 0.717) is 41.9 Å². The van der Waals surface area contributed by atoms with Crippen LogP contribution in [0.2, 0.25) is 0 Å². The molecule has 1 aliphatic rings. The Morgan fingerprint density at radius 3 is 2.65 bits per heavy atom. The first kappa shape index (κ1) is 23.1. The van der Waals surface area contributed by atoms with Gasteiger partial charge in [-0.1, -0.05) is 6.07 Å². The number of likely N-dealkylation sites (tertiary alicyclic amines) is 1. The molecule has 2 N–H and O–H groups in total. The van der Waals surface area contributed by atoms with Crippen LogP contribution in [-0.4, -0.2) is 61.6 Å². The van der Waals surface area contributed by atoms with Gasteiger partial charge in [0.15, 0.2) is 5.65 Å². The predicted octanol–water partition coefficient (Wildman–Crippen LogP) is 3.55. The number of anilines is 1. The number of hydrogen-bond donors (Lipinski definition) is 2. The molecule has 4 rings (SSSR count). The van der Waals surface area contributed by atoms with E-state index in [4.69, 9.17) is 0 Å². The number of aromatic amines is 1. The van der Waals surface area contributed by atoms with Crippen LogP contribution in [0.25, 0.3) is 11.0 Å². The van der Waals surface area contributed by atoms with Gasteiger partial charge in [-0.05, 0) is 24.5 Å². The second-order valence-corrected chi connectivity index (χ2v) is 7.18. The maximum atomic E-state index is 14.7. The molecule has 1 saturated heterocycles. The molecule has 168 valence electrons. The zero-order chi connectivity index (χ0) is 21.4. The summed E-state index contributed by atoms with van der Waals surface area (Å²) in [6.45, 7) is 0.258. The monoisotopic (exact) mass is 463 g/mol. The average Bonchev–Trinajstić information content (AvgIpc) is 3.17. The number of fused-ring (bicyclic) bond motifs is 1. The van der Waals surface area contributed by atoms with Crippen molar-refractivity contribution in [3.8, 4) is 0 Å². The highest BCUT2D eigenvalue weighted by atomic mass is 35.5. The van der Waals surface area contributed by atoms with Crippen molar-refractivity contribution < 1.29 is 22.0 Å². The number of halogens is 6. The third-order valence-corrected chi connectivity index (χ3v) is 5.07. The summed E-state index contributed by atoms with van der Waals surface area (Å²) >= 11 is 0. The molecule has 0 radical (unpaired) electrons. The van der Waals surface area contributed by atoms with Gasteiger partial charge < -0.3 is 5.32 Å². The maximum Gasteiger partial charge on any atom is 0.433 e. The fourth-order valence-corrected chi connectivity index (χ4v) is 3.45.